The largest absolute Gasteiger partial charge is 0.481 e. The van der Waals surface area contributed by atoms with Crippen LogP contribution in [-0.4, -0.2) is 22.3 Å². The lowest BCUT2D eigenvalue weighted by Gasteiger charge is -2.71. The molecule has 0 radical (unpaired) electrons. The maximum Gasteiger partial charge on any atom is 0.309 e. The Bertz CT molecular complexity index is 789. The molecule has 5 saturated carbocycles. The van der Waals surface area contributed by atoms with E-state index in [0.717, 1.165) is 44.9 Å². The number of carboxylic acid groups (broad SMARTS) is 1. The normalized spacial score (nSPS) is 56.0. The molecule has 0 aliphatic heterocycles. The zero-order valence-electron chi connectivity index (χ0n) is 20.3. The lowest BCUT2D eigenvalue weighted by atomic mass is 9.33. The molecule has 0 aromatic carbocycles. The van der Waals surface area contributed by atoms with Crippen LogP contribution in [0.3, 0.4) is 0 Å². The lowest BCUT2D eigenvalue weighted by Crippen LogP contribution is -2.65. The molecular formula is C28H44O3. The first kappa shape index (κ1) is 22.0. The van der Waals surface area contributed by atoms with Crippen molar-refractivity contribution >= 4 is 5.97 Å². The predicted octanol–water partition coefficient (Wildman–Crippen LogP) is 6.45. The number of carbonyl (C=O) groups is 1. The third-order valence-electron chi connectivity index (χ3n) is 12.5. The van der Waals surface area contributed by atoms with E-state index in [9.17, 15) is 15.0 Å². The van der Waals surface area contributed by atoms with E-state index in [2.05, 4.69) is 34.3 Å². The first-order chi connectivity index (χ1) is 14.5. The molecule has 10 atom stereocenters. The van der Waals surface area contributed by atoms with Crippen LogP contribution in [0.15, 0.2) is 12.2 Å². The van der Waals surface area contributed by atoms with Crippen LogP contribution in [0.1, 0.15) is 98.3 Å². The molecule has 0 unspecified atom stereocenters. The molecule has 0 spiro atoms. The van der Waals surface area contributed by atoms with Crippen molar-refractivity contribution in [3.05, 3.63) is 12.2 Å². The highest BCUT2D eigenvalue weighted by Crippen LogP contribution is 2.76. The number of aliphatic carboxylic acids is 1. The fourth-order valence-electron chi connectivity index (χ4n) is 10.6. The van der Waals surface area contributed by atoms with Crippen LogP contribution in [0.2, 0.25) is 0 Å². The number of carboxylic acids is 1. The van der Waals surface area contributed by atoms with Crippen LogP contribution in [-0.2, 0) is 4.79 Å². The summed E-state index contributed by atoms with van der Waals surface area (Å²) in [4.78, 5) is 12.7. The van der Waals surface area contributed by atoms with E-state index in [4.69, 9.17) is 0 Å². The van der Waals surface area contributed by atoms with Gasteiger partial charge in [0.05, 0.1) is 11.5 Å². The van der Waals surface area contributed by atoms with Gasteiger partial charge in [-0.2, -0.15) is 0 Å². The van der Waals surface area contributed by atoms with Crippen molar-refractivity contribution in [3.8, 4) is 0 Å². The van der Waals surface area contributed by atoms with Crippen molar-refractivity contribution in [2.45, 2.75) is 104 Å². The number of aliphatic hydroxyl groups excluding tert-OH is 1. The molecule has 0 saturated heterocycles. The van der Waals surface area contributed by atoms with Gasteiger partial charge < -0.3 is 10.2 Å². The quantitative estimate of drug-likeness (QED) is 0.497. The molecule has 3 nitrogen and oxygen atoms in total. The van der Waals surface area contributed by atoms with E-state index in [1.54, 1.807) is 0 Å². The number of hydrogen-bond donors (Lipinski definition) is 2. The van der Waals surface area contributed by atoms with Gasteiger partial charge in [-0.25, -0.2) is 0 Å². The molecule has 0 bridgehead atoms. The number of allylic oxidation sites excluding steroid dienone is 1. The molecule has 31 heavy (non-hydrogen) atoms. The third kappa shape index (κ3) is 2.65. The first-order valence-corrected chi connectivity index (χ1v) is 13.1. The molecule has 0 aromatic heterocycles. The van der Waals surface area contributed by atoms with Crippen LogP contribution >= 0.6 is 0 Å². The third-order valence-corrected chi connectivity index (χ3v) is 12.5. The highest BCUT2D eigenvalue weighted by molar-refractivity contribution is 5.76. The Kier molecular flexibility index (Phi) is 4.85. The average Bonchev–Trinajstić information content (AvgIpc) is 3.11. The standard InChI is InChI=1S/C28H44O3/c1-17(2)20-10-13-28(24(30)31)15-14-26(4)21(23(20)28)6-7-22-25(3)11-9-19(29)16-18(25)8-12-27(22,26)5/h18-23,29H,1,6-16H2,2-5H3,(H,30,31)/t18-,19-,20-,21+,22+,23+,25-,26+,27+,28-/m0/s1. The molecule has 5 aliphatic carbocycles. The number of hydrogen-bond acceptors (Lipinski definition) is 2. The minimum absolute atomic E-state index is 0.102. The molecule has 0 aromatic rings. The zero-order valence-corrected chi connectivity index (χ0v) is 20.3. The molecule has 0 heterocycles. The summed E-state index contributed by atoms with van der Waals surface area (Å²) >= 11 is 0. The van der Waals surface area contributed by atoms with Crippen molar-refractivity contribution in [2.75, 3.05) is 0 Å². The summed E-state index contributed by atoms with van der Waals surface area (Å²) in [5.41, 5.74) is 1.51. The second-order valence-electron chi connectivity index (χ2n) is 13.2. The SMILES string of the molecule is C=C(C)[C@@H]1CC[C@]2(C(=O)O)CC[C@]3(C)[C@H](CC[C@@H]4[C@@]5(C)CC[C@H](O)C[C@@H]5CC[C@]43C)[C@@H]12. The Morgan fingerprint density at radius 2 is 1.65 bits per heavy atom. The topological polar surface area (TPSA) is 57.5 Å². The molecule has 5 rings (SSSR count). The maximum atomic E-state index is 12.7. The van der Waals surface area contributed by atoms with Gasteiger partial charge in [0.1, 0.15) is 0 Å². The Hall–Kier alpha value is -0.830. The summed E-state index contributed by atoms with van der Waals surface area (Å²) in [6.45, 7) is 14.2. The lowest BCUT2D eigenvalue weighted by molar-refractivity contribution is -0.229. The maximum absolute atomic E-state index is 12.7. The Morgan fingerprint density at radius 3 is 2.32 bits per heavy atom. The van der Waals surface area contributed by atoms with Gasteiger partial charge in [0.15, 0.2) is 0 Å². The highest BCUT2D eigenvalue weighted by atomic mass is 16.4. The first-order valence-electron chi connectivity index (χ1n) is 13.1. The Balaban J connectivity index is 1.55. The molecular weight excluding hydrogens is 384 g/mol. The highest BCUT2D eigenvalue weighted by Gasteiger charge is 2.70. The summed E-state index contributed by atoms with van der Waals surface area (Å²) in [6.07, 6.45) is 11.7. The smallest absolute Gasteiger partial charge is 0.309 e. The second kappa shape index (κ2) is 6.84. The molecule has 5 fully saturated rings. The van der Waals surface area contributed by atoms with Crippen LogP contribution in [0.25, 0.3) is 0 Å². The minimum Gasteiger partial charge on any atom is -0.481 e. The zero-order chi connectivity index (χ0) is 22.4. The Morgan fingerprint density at radius 1 is 0.903 bits per heavy atom. The fraction of sp³-hybridized carbons (Fsp3) is 0.893. The number of fused-ring (bicyclic) bond motifs is 7. The van der Waals surface area contributed by atoms with Gasteiger partial charge in [0.2, 0.25) is 0 Å². The van der Waals surface area contributed by atoms with Crippen molar-refractivity contribution in [3.63, 3.8) is 0 Å². The summed E-state index contributed by atoms with van der Waals surface area (Å²) in [7, 11) is 0. The van der Waals surface area contributed by atoms with Crippen LogP contribution in [0.5, 0.6) is 0 Å². The molecule has 174 valence electrons. The van der Waals surface area contributed by atoms with Crippen molar-refractivity contribution < 1.29 is 15.0 Å². The van der Waals surface area contributed by atoms with E-state index in [0.29, 0.717) is 29.1 Å². The summed E-state index contributed by atoms with van der Waals surface area (Å²) in [6, 6.07) is 0. The number of rotatable bonds is 2. The minimum atomic E-state index is -0.535. The Labute approximate surface area is 189 Å². The molecule has 0 amide bonds. The van der Waals surface area contributed by atoms with Crippen molar-refractivity contribution in [2.24, 2.45) is 51.2 Å². The monoisotopic (exact) mass is 428 g/mol. The van der Waals surface area contributed by atoms with Gasteiger partial charge in [-0.05, 0) is 123 Å². The van der Waals surface area contributed by atoms with E-state index in [1.165, 1.54) is 31.3 Å². The van der Waals surface area contributed by atoms with Gasteiger partial charge in [-0.1, -0.05) is 32.9 Å². The summed E-state index contributed by atoms with van der Waals surface area (Å²) in [5, 5.41) is 20.8. The number of aliphatic hydroxyl groups is 1. The predicted molar refractivity (Wildman–Crippen MR) is 123 cm³/mol. The average molecular weight is 429 g/mol. The summed E-state index contributed by atoms with van der Waals surface area (Å²) < 4.78 is 0. The van der Waals surface area contributed by atoms with E-state index >= 15 is 0 Å². The van der Waals surface area contributed by atoms with E-state index in [-0.39, 0.29) is 22.9 Å². The van der Waals surface area contributed by atoms with E-state index < -0.39 is 11.4 Å². The van der Waals surface area contributed by atoms with Gasteiger partial charge in [-0.15, -0.1) is 0 Å². The van der Waals surface area contributed by atoms with Crippen LogP contribution in [0, 0.1) is 51.2 Å². The van der Waals surface area contributed by atoms with Gasteiger partial charge >= 0.3 is 5.97 Å². The van der Waals surface area contributed by atoms with Gasteiger partial charge in [-0.3, -0.25) is 4.79 Å². The van der Waals surface area contributed by atoms with Crippen LogP contribution < -0.4 is 0 Å². The van der Waals surface area contributed by atoms with Crippen LogP contribution in [0.4, 0.5) is 0 Å². The van der Waals surface area contributed by atoms with Crippen molar-refractivity contribution in [1.82, 2.24) is 0 Å². The van der Waals surface area contributed by atoms with E-state index in [1.807, 2.05) is 0 Å². The summed E-state index contributed by atoms with van der Waals surface area (Å²) in [5.74, 6) is 1.96. The van der Waals surface area contributed by atoms with Gasteiger partial charge in [0, 0.05) is 0 Å². The molecule has 3 heteroatoms. The fourth-order valence-corrected chi connectivity index (χ4v) is 10.6. The second-order valence-corrected chi connectivity index (χ2v) is 13.2. The van der Waals surface area contributed by atoms with Gasteiger partial charge in [0.25, 0.3) is 0 Å². The van der Waals surface area contributed by atoms with Crippen molar-refractivity contribution in [1.29, 1.82) is 0 Å². The molecule has 2 N–H and O–H groups in total. The molecule has 5 aliphatic rings.